The van der Waals surface area contributed by atoms with Crippen LogP contribution >= 0.6 is 11.6 Å². The predicted molar refractivity (Wildman–Crippen MR) is 103 cm³/mol. The van der Waals surface area contributed by atoms with E-state index in [-0.39, 0.29) is 29.4 Å². The van der Waals surface area contributed by atoms with Gasteiger partial charge in [0.1, 0.15) is 0 Å². The number of carboxylic acids is 1. The van der Waals surface area contributed by atoms with Gasteiger partial charge in [-0.2, -0.15) is 0 Å². The number of carboxylic acid groups (broad SMARTS) is 1. The van der Waals surface area contributed by atoms with E-state index in [1.807, 2.05) is 11.8 Å². The lowest BCUT2D eigenvalue weighted by molar-refractivity contribution is 0.0538. The summed E-state index contributed by atoms with van der Waals surface area (Å²) < 4.78 is 5.57. The molecule has 2 aromatic rings. The maximum Gasteiger partial charge on any atom is 0.337 e. The summed E-state index contributed by atoms with van der Waals surface area (Å²) in [5.41, 5.74) is 1.55. The van der Waals surface area contributed by atoms with Gasteiger partial charge in [0.15, 0.2) is 11.0 Å². The Morgan fingerprint density at radius 2 is 2.25 bits per heavy atom. The molecule has 28 heavy (non-hydrogen) atoms. The molecule has 0 spiro atoms. The van der Waals surface area contributed by atoms with Gasteiger partial charge in [0.25, 0.3) is 5.91 Å². The number of piperidine rings is 1. The Morgan fingerprint density at radius 1 is 1.46 bits per heavy atom. The summed E-state index contributed by atoms with van der Waals surface area (Å²) in [7, 11) is 1.58. The molecule has 0 saturated carbocycles. The molecule has 0 aromatic carbocycles. The minimum Gasteiger partial charge on any atom is -0.478 e. The van der Waals surface area contributed by atoms with Crippen molar-refractivity contribution in [2.24, 2.45) is 0 Å². The van der Waals surface area contributed by atoms with Crippen LogP contribution < -0.4 is 10.2 Å². The number of H-pyrrole nitrogens is 1. The van der Waals surface area contributed by atoms with Crippen LogP contribution in [0.15, 0.2) is 18.5 Å². The quantitative estimate of drug-likeness (QED) is 0.666. The number of carbonyl (C=O) groups excluding carboxylic acids is 1. The summed E-state index contributed by atoms with van der Waals surface area (Å²) in [6.45, 7) is 3.03. The Balaban J connectivity index is 1.68. The molecule has 1 amide bonds. The highest BCUT2D eigenvalue weighted by Crippen LogP contribution is 2.22. The number of rotatable bonds is 6. The maximum atomic E-state index is 12.5. The molecule has 0 radical (unpaired) electrons. The molecule has 150 valence electrons. The zero-order chi connectivity index (χ0) is 20.3. The van der Waals surface area contributed by atoms with Crippen molar-refractivity contribution in [1.29, 1.82) is 0 Å². The monoisotopic (exact) mass is 407 g/mol. The molecular weight excluding hydrogens is 386 g/mol. The third-order valence-corrected chi connectivity index (χ3v) is 5.12. The first kappa shape index (κ1) is 20.1. The number of anilines is 1. The lowest BCUT2D eigenvalue weighted by Crippen LogP contribution is -2.55. The first-order valence-electron chi connectivity index (χ1n) is 8.94. The van der Waals surface area contributed by atoms with Gasteiger partial charge in [0.05, 0.1) is 35.3 Å². The van der Waals surface area contributed by atoms with Crippen molar-refractivity contribution >= 4 is 29.2 Å². The van der Waals surface area contributed by atoms with Crippen molar-refractivity contribution in [2.45, 2.75) is 31.9 Å². The minimum absolute atomic E-state index is 0.128. The van der Waals surface area contributed by atoms with E-state index in [2.05, 4.69) is 20.3 Å². The fourth-order valence-electron chi connectivity index (χ4n) is 3.24. The first-order chi connectivity index (χ1) is 13.4. The second-order valence-corrected chi connectivity index (χ2v) is 6.89. The smallest absolute Gasteiger partial charge is 0.337 e. The molecule has 2 atom stereocenters. The largest absolute Gasteiger partial charge is 0.478 e. The Labute approximate surface area is 167 Å². The molecule has 10 heteroatoms. The molecule has 9 nitrogen and oxygen atoms in total. The zero-order valence-corrected chi connectivity index (χ0v) is 16.4. The topological polar surface area (TPSA) is 120 Å². The van der Waals surface area contributed by atoms with E-state index in [9.17, 15) is 9.59 Å². The summed E-state index contributed by atoms with van der Waals surface area (Å²) in [6, 6.07) is 1.37. The number of hydrogen-bond acceptors (Lipinski definition) is 6. The van der Waals surface area contributed by atoms with Gasteiger partial charge in [-0.05, 0) is 18.9 Å². The van der Waals surface area contributed by atoms with Crippen molar-refractivity contribution < 1.29 is 19.4 Å². The molecule has 1 saturated heterocycles. The number of nitrogens with one attached hydrogen (secondary N) is 2. The Morgan fingerprint density at radius 3 is 2.89 bits per heavy atom. The SMILES string of the molecule is CCc1[nH]c(C(=O)N[C@H]2CCN(c3cncc(C(=O)O)c3)C[C@H]2OC)nc1Cl. The van der Waals surface area contributed by atoms with Gasteiger partial charge in [-0.3, -0.25) is 9.78 Å². The van der Waals surface area contributed by atoms with E-state index in [1.165, 1.54) is 6.20 Å². The molecule has 0 unspecified atom stereocenters. The number of methoxy groups -OCH3 is 1. The molecule has 0 aliphatic carbocycles. The van der Waals surface area contributed by atoms with Crippen LogP contribution in [0.4, 0.5) is 5.69 Å². The molecule has 2 aromatic heterocycles. The molecule has 3 N–H and O–H groups in total. The number of hydrogen-bond donors (Lipinski definition) is 3. The van der Waals surface area contributed by atoms with Crippen molar-refractivity contribution in [1.82, 2.24) is 20.3 Å². The van der Waals surface area contributed by atoms with E-state index in [4.69, 9.17) is 21.4 Å². The highest BCUT2D eigenvalue weighted by molar-refractivity contribution is 6.30. The lowest BCUT2D eigenvalue weighted by atomic mass is 10.0. The van der Waals surface area contributed by atoms with E-state index < -0.39 is 5.97 Å². The van der Waals surface area contributed by atoms with Crippen LogP contribution in [0.2, 0.25) is 5.15 Å². The third kappa shape index (κ3) is 4.26. The number of amides is 1. The molecule has 1 aliphatic heterocycles. The average molecular weight is 408 g/mol. The van der Waals surface area contributed by atoms with Crippen molar-refractivity contribution in [2.75, 3.05) is 25.1 Å². The predicted octanol–water partition coefficient (Wildman–Crippen LogP) is 1.74. The van der Waals surface area contributed by atoms with Gasteiger partial charge in [-0.15, -0.1) is 0 Å². The second kappa shape index (κ2) is 8.57. The van der Waals surface area contributed by atoms with E-state index in [0.29, 0.717) is 36.8 Å². The summed E-state index contributed by atoms with van der Waals surface area (Å²) >= 11 is 6.01. The number of ether oxygens (including phenoxy) is 1. The van der Waals surface area contributed by atoms with E-state index >= 15 is 0 Å². The van der Waals surface area contributed by atoms with Crippen LogP contribution in [0, 0.1) is 0 Å². The Bertz CT molecular complexity index is 871. The number of pyridine rings is 1. The van der Waals surface area contributed by atoms with Gasteiger partial charge < -0.3 is 25.0 Å². The number of aryl methyl sites for hydroxylation is 1. The standard InChI is InChI=1S/C18H22ClN5O4/c1-3-12-15(19)23-16(21-12)17(25)22-13-4-5-24(9-14(13)28-2)11-6-10(18(26)27)7-20-8-11/h6-8,13-14H,3-5,9H2,1-2H3,(H,21,23)(H,22,25)(H,26,27)/t13-,14+/m0/s1. The first-order valence-corrected chi connectivity index (χ1v) is 9.32. The summed E-state index contributed by atoms with van der Waals surface area (Å²) in [6.07, 6.45) is 3.93. The van der Waals surface area contributed by atoms with Crippen molar-refractivity contribution in [3.63, 3.8) is 0 Å². The lowest BCUT2D eigenvalue weighted by Gasteiger charge is -2.39. The highest BCUT2D eigenvalue weighted by atomic mass is 35.5. The van der Waals surface area contributed by atoms with Crippen LogP contribution in [-0.4, -0.2) is 64.3 Å². The summed E-state index contributed by atoms with van der Waals surface area (Å²) in [4.78, 5) is 36.7. The Kier molecular flexibility index (Phi) is 6.15. The van der Waals surface area contributed by atoms with Crippen LogP contribution in [0.3, 0.4) is 0 Å². The highest BCUT2D eigenvalue weighted by Gasteiger charge is 2.32. The molecule has 3 rings (SSSR count). The van der Waals surface area contributed by atoms with Crippen LogP contribution in [-0.2, 0) is 11.2 Å². The van der Waals surface area contributed by atoms with Crippen LogP contribution in [0.5, 0.6) is 0 Å². The van der Waals surface area contributed by atoms with Crippen LogP contribution in [0.1, 0.15) is 40.0 Å². The van der Waals surface area contributed by atoms with Gasteiger partial charge in [0.2, 0.25) is 0 Å². The van der Waals surface area contributed by atoms with Crippen LogP contribution in [0.25, 0.3) is 0 Å². The summed E-state index contributed by atoms with van der Waals surface area (Å²) in [5.74, 6) is -1.18. The summed E-state index contributed by atoms with van der Waals surface area (Å²) in [5, 5.41) is 12.4. The normalized spacial score (nSPS) is 19.5. The fourth-order valence-corrected chi connectivity index (χ4v) is 3.50. The number of aromatic nitrogens is 3. The fraction of sp³-hybridized carbons (Fsp3) is 0.444. The van der Waals surface area contributed by atoms with E-state index in [0.717, 1.165) is 5.69 Å². The minimum atomic E-state index is -1.02. The van der Waals surface area contributed by atoms with Crippen molar-refractivity contribution in [3.05, 3.63) is 40.7 Å². The zero-order valence-electron chi connectivity index (χ0n) is 15.6. The maximum absolute atomic E-state index is 12.5. The molecule has 0 bridgehead atoms. The molecule has 3 heterocycles. The van der Waals surface area contributed by atoms with Gasteiger partial charge in [-0.25, -0.2) is 9.78 Å². The number of imidazole rings is 1. The number of aromatic amines is 1. The molecule has 1 fully saturated rings. The van der Waals surface area contributed by atoms with Gasteiger partial charge in [-0.1, -0.05) is 18.5 Å². The van der Waals surface area contributed by atoms with Crippen molar-refractivity contribution in [3.8, 4) is 0 Å². The number of nitrogens with zero attached hydrogens (tertiary/aromatic N) is 3. The molecular formula is C18H22ClN5O4. The van der Waals surface area contributed by atoms with E-state index in [1.54, 1.807) is 19.4 Å². The number of carbonyl (C=O) groups is 2. The second-order valence-electron chi connectivity index (χ2n) is 6.53. The third-order valence-electron chi connectivity index (χ3n) is 4.81. The molecule has 1 aliphatic rings. The van der Waals surface area contributed by atoms with Gasteiger partial charge in [0, 0.05) is 26.4 Å². The number of aromatic carboxylic acids is 1. The average Bonchev–Trinajstić information content (AvgIpc) is 3.09. The Hall–Kier alpha value is -2.65. The van der Waals surface area contributed by atoms with Gasteiger partial charge >= 0.3 is 5.97 Å². The number of halogens is 1.